The molecule has 0 spiro atoms. The highest BCUT2D eigenvalue weighted by Gasteiger charge is 2.55. The smallest absolute Gasteiger partial charge is 0.338 e. The van der Waals surface area contributed by atoms with Crippen LogP contribution in [0.25, 0.3) is 17.0 Å². The second kappa shape index (κ2) is 26.6. The number of benzene rings is 3. The number of aliphatic hydroxyl groups excluding tert-OH is 1. The highest BCUT2D eigenvalue weighted by molar-refractivity contribution is 5.90. The van der Waals surface area contributed by atoms with Gasteiger partial charge in [0.2, 0.25) is 0 Å². The van der Waals surface area contributed by atoms with Crippen LogP contribution < -0.4 is 0 Å². The number of aromatic nitrogens is 1. The molecule has 3 aliphatic heterocycles. The van der Waals surface area contributed by atoms with Crippen molar-refractivity contribution in [3.63, 3.8) is 0 Å². The van der Waals surface area contributed by atoms with E-state index in [9.17, 15) is 25.2 Å². The minimum atomic E-state index is -1.99. The predicted octanol–water partition coefficient (Wildman–Crippen LogP) is 9.25. The lowest BCUT2D eigenvalue weighted by Gasteiger charge is -2.50. The zero-order chi connectivity index (χ0) is 58.3. The number of ether oxygens (including phenoxy) is 9. The van der Waals surface area contributed by atoms with Crippen LogP contribution in [0.4, 0.5) is 0 Å². The Hall–Kier alpha value is -5.47. The molecule has 0 amide bonds. The number of hydrogen-bond donors (Lipinski definition) is 3. The lowest BCUT2D eigenvalue weighted by molar-refractivity contribution is -0.319. The van der Waals surface area contributed by atoms with Gasteiger partial charge in [0.25, 0.3) is 0 Å². The molecule has 0 saturated carbocycles. The molecule has 80 heavy (non-hydrogen) atoms. The zero-order valence-corrected chi connectivity index (χ0v) is 48.8. The first-order valence-corrected chi connectivity index (χ1v) is 28.1. The standard InChI is InChI=1S/C63H85N3O14/c1-14-49-63(10,71)54(67)39(4)51(64)37(2)34-62(9,73-31-23-24-43-33-46-29-21-22-30-47(46)65-36-43)55(80-60-53(48(66(11)12)32-38(3)74-60)78-58(69)44-25-17-15-18-26-44)40(5)52(41(6)57(68)76-49)77-50-35-61(8,72-13)56(42(7)75-50)79-59(70)45-27-19-16-20-28-45/h15-30,33,36-42,48-50,52-56,60,64,67,71H,14,31-32,34-35H2,1-13H3/b24-23+,64-51?/t37-,38-,39+,40+,41-,42+,48+,49-,50?,52+,53-,54-,55-,56+,60+,61-,62+,63-/m1/s1. The van der Waals surface area contributed by atoms with E-state index in [0.29, 0.717) is 17.5 Å². The van der Waals surface area contributed by atoms with Crippen molar-refractivity contribution in [2.24, 2.45) is 23.7 Å². The highest BCUT2D eigenvalue weighted by Crippen LogP contribution is 2.43. The maximum Gasteiger partial charge on any atom is 0.338 e. The van der Waals surface area contributed by atoms with Gasteiger partial charge in [-0.1, -0.05) is 94.4 Å². The fourth-order valence-corrected chi connectivity index (χ4v) is 12.0. The number of pyridine rings is 1. The van der Waals surface area contributed by atoms with Crippen molar-refractivity contribution in [2.75, 3.05) is 27.8 Å². The van der Waals surface area contributed by atoms with Crippen LogP contribution in [0.3, 0.4) is 0 Å². The first kappa shape index (κ1) is 62.1. The maximum atomic E-state index is 15.0. The second-order valence-corrected chi connectivity index (χ2v) is 23.1. The topological polar surface area (TPSA) is 215 Å². The van der Waals surface area contributed by atoms with E-state index in [4.69, 9.17) is 42.6 Å². The summed E-state index contributed by atoms with van der Waals surface area (Å²) < 4.78 is 60.3. The van der Waals surface area contributed by atoms with E-state index in [0.717, 1.165) is 16.5 Å². The molecule has 17 heteroatoms. The minimum absolute atomic E-state index is 0.0252. The van der Waals surface area contributed by atoms with Crippen LogP contribution in [-0.2, 0) is 47.4 Å². The number of para-hydroxylation sites is 1. The summed E-state index contributed by atoms with van der Waals surface area (Å²) in [5, 5.41) is 34.9. The Balaban J connectivity index is 1.36. The normalized spacial score (nSPS) is 35.8. The fourth-order valence-electron chi connectivity index (χ4n) is 12.0. The number of esters is 3. The van der Waals surface area contributed by atoms with Gasteiger partial charge in [0.05, 0.1) is 71.3 Å². The third-order valence-electron chi connectivity index (χ3n) is 16.7. The average Bonchev–Trinajstić information content (AvgIpc) is 3.44. The number of rotatable bonds is 15. The number of aliphatic hydroxyl groups is 2. The lowest BCUT2D eigenvalue weighted by atomic mass is 9.73. The predicted molar refractivity (Wildman–Crippen MR) is 303 cm³/mol. The Kier molecular flexibility index (Phi) is 20.7. The first-order chi connectivity index (χ1) is 37.9. The van der Waals surface area contributed by atoms with Crippen LogP contribution in [0.1, 0.15) is 121 Å². The quantitative estimate of drug-likeness (QED) is 0.0747. The molecule has 0 radical (unpaired) electrons. The summed E-state index contributed by atoms with van der Waals surface area (Å²) in [6, 6.07) is 26.8. The van der Waals surface area contributed by atoms with E-state index in [1.54, 1.807) is 82.4 Å². The summed E-state index contributed by atoms with van der Waals surface area (Å²) in [6.45, 7) is 17.7. The van der Waals surface area contributed by atoms with Crippen LogP contribution in [0.2, 0.25) is 0 Å². The monoisotopic (exact) mass is 1110 g/mol. The number of fused-ring (bicyclic) bond motifs is 1. The molecular formula is C63H85N3O14. The summed E-state index contributed by atoms with van der Waals surface area (Å²) in [4.78, 5) is 49.3. The number of carbonyl (C=O) groups is 3. The SMILES string of the molecule is CC[C@H]1OC(=O)[C@H](C)[C@@H](OC2C[C@@](C)(OC)[C@@H](OC(=O)c3ccccc3)[C@H](C)O2)[C@H](C)[C@@H](O[C@@H]2O[C@H](C)C[C@H](N(C)C)[C@H]2OC(=O)c2ccccc2)[C@@](C)(OC/C=C/c2cnc3ccccc3c2)C[C@@H](C)C(=N)[C@H](C)[C@@H](O)[C@]1(C)O. The Bertz CT molecular complexity index is 2740. The zero-order valence-electron chi connectivity index (χ0n) is 48.8. The molecule has 436 valence electrons. The molecule has 3 N–H and O–H groups in total. The maximum absolute atomic E-state index is 15.0. The molecule has 3 aliphatic rings. The number of carbonyl (C=O) groups excluding carboxylic acids is 3. The molecular weight excluding hydrogens is 1020 g/mol. The average molecular weight is 1110 g/mol. The van der Waals surface area contributed by atoms with E-state index in [-0.39, 0.29) is 37.7 Å². The molecule has 17 nitrogen and oxygen atoms in total. The van der Waals surface area contributed by atoms with Gasteiger partial charge in [0.15, 0.2) is 24.8 Å². The molecule has 1 aromatic heterocycles. The lowest BCUT2D eigenvalue weighted by Crippen LogP contribution is -2.62. The van der Waals surface area contributed by atoms with Gasteiger partial charge >= 0.3 is 17.9 Å². The Labute approximate surface area is 472 Å². The van der Waals surface area contributed by atoms with Crippen molar-refractivity contribution < 1.29 is 67.2 Å². The van der Waals surface area contributed by atoms with Crippen molar-refractivity contribution >= 4 is 40.6 Å². The van der Waals surface area contributed by atoms with Crippen LogP contribution >= 0.6 is 0 Å². The van der Waals surface area contributed by atoms with Crippen LogP contribution in [0, 0.1) is 29.1 Å². The number of cyclic esters (lactones) is 1. The van der Waals surface area contributed by atoms with Crippen molar-refractivity contribution in [1.29, 1.82) is 5.41 Å². The van der Waals surface area contributed by atoms with Gasteiger partial charge in [0, 0.05) is 42.7 Å². The molecule has 3 aromatic carbocycles. The third kappa shape index (κ3) is 14.2. The summed E-state index contributed by atoms with van der Waals surface area (Å²) >= 11 is 0. The van der Waals surface area contributed by atoms with Gasteiger partial charge in [0.1, 0.15) is 17.3 Å². The third-order valence-corrected chi connectivity index (χ3v) is 16.7. The number of nitrogens with one attached hydrogen (secondary N) is 1. The molecule has 0 bridgehead atoms. The number of likely N-dealkylation sites (N-methyl/N-ethyl adjacent to an activating group) is 1. The van der Waals surface area contributed by atoms with Crippen molar-refractivity contribution in [2.45, 2.75) is 179 Å². The molecule has 4 aromatic rings. The van der Waals surface area contributed by atoms with Gasteiger partial charge < -0.3 is 63.2 Å². The molecule has 0 aliphatic carbocycles. The Morgan fingerprint density at radius 3 is 2.06 bits per heavy atom. The minimum Gasteiger partial charge on any atom is -0.459 e. The van der Waals surface area contributed by atoms with Crippen LogP contribution in [0.5, 0.6) is 0 Å². The van der Waals surface area contributed by atoms with Crippen molar-refractivity contribution in [1.82, 2.24) is 9.88 Å². The molecule has 1 unspecified atom stereocenters. The number of methoxy groups -OCH3 is 1. The fraction of sp³-hybridized carbons (Fsp3) is 0.571. The molecule has 4 heterocycles. The largest absolute Gasteiger partial charge is 0.459 e. The molecule has 18 atom stereocenters. The summed E-state index contributed by atoms with van der Waals surface area (Å²) in [5.74, 6) is -5.41. The van der Waals surface area contributed by atoms with E-state index in [1.165, 1.54) is 14.0 Å². The van der Waals surface area contributed by atoms with Gasteiger partial charge in [-0.2, -0.15) is 0 Å². The Morgan fingerprint density at radius 2 is 1.44 bits per heavy atom. The number of nitrogens with zero attached hydrogens (tertiary/aromatic N) is 2. The summed E-state index contributed by atoms with van der Waals surface area (Å²) in [6.07, 6.45) is -4.06. The van der Waals surface area contributed by atoms with Crippen molar-refractivity contribution in [3.8, 4) is 0 Å². The van der Waals surface area contributed by atoms with E-state index in [1.807, 2.05) is 108 Å². The number of hydrogen-bond acceptors (Lipinski definition) is 17. The van der Waals surface area contributed by atoms with Gasteiger partial charge in [-0.15, -0.1) is 0 Å². The van der Waals surface area contributed by atoms with Gasteiger partial charge in [-0.05, 0) is 123 Å². The second-order valence-electron chi connectivity index (χ2n) is 23.1. The van der Waals surface area contributed by atoms with E-state index >= 15 is 4.79 Å². The van der Waals surface area contributed by atoms with E-state index < -0.39 is 120 Å². The highest BCUT2D eigenvalue weighted by atomic mass is 16.7. The summed E-state index contributed by atoms with van der Waals surface area (Å²) in [5.41, 5.74) is -2.07. The first-order valence-electron chi connectivity index (χ1n) is 28.1. The van der Waals surface area contributed by atoms with Crippen LogP contribution in [0.15, 0.2) is 103 Å². The Morgan fingerprint density at radius 1 is 0.812 bits per heavy atom. The van der Waals surface area contributed by atoms with Crippen LogP contribution in [-0.4, -0.2) is 156 Å². The molecule has 3 saturated heterocycles. The summed E-state index contributed by atoms with van der Waals surface area (Å²) in [7, 11) is 5.34. The van der Waals surface area contributed by atoms with Gasteiger partial charge in [-0.25, -0.2) is 9.59 Å². The van der Waals surface area contributed by atoms with Crippen molar-refractivity contribution in [3.05, 3.63) is 120 Å². The van der Waals surface area contributed by atoms with E-state index in [2.05, 4.69) is 4.98 Å². The van der Waals surface area contributed by atoms with Gasteiger partial charge in [-0.3, -0.25) is 9.78 Å². The molecule has 3 fully saturated rings. The molecule has 7 rings (SSSR count).